The number of halogens is 1. The molecule has 6 heteroatoms. The van der Waals surface area contributed by atoms with E-state index in [0.717, 1.165) is 48.8 Å². The van der Waals surface area contributed by atoms with Crippen molar-refractivity contribution in [2.24, 2.45) is 5.92 Å². The lowest BCUT2D eigenvalue weighted by Gasteiger charge is -2.42. The van der Waals surface area contributed by atoms with Gasteiger partial charge in [0.2, 0.25) is 0 Å². The molecule has 2 aliphatic rings. The zero-order valence-electron chi connectivity index (χ0n) is 14.8. The molecule has 1 aromatic carbocycles. The summed E-state index contributed by atoms with van der Waals surface area (Å²) < 4.78 is 20.6. The van der Waals surface area contributed by atoms with Crippen LogP contribution in [0.1, 0.15) is 23.8 Å². The molecule has 0 radical (unpaired) electrons. The fraction of sp³-hybridized carbons (Fsp3) is 0.333. The molecule has 2 aromatic heterocycles. The summed E-state index contributed by atoms with van der Waals surface area (Å²) in [6, 6.07) is 13.8. The largest absolute Gasteiger partial charge is 0.359 e. The molecule has 0 spiro atoms. The van der Waals surface area contributed by atoms with Crippen molar-refractivity contribution in [2.75, 3.05) is 13.1 Å². The minimum Gasteiger partial charge on any atom is -0.359 e. The van der Waals surface area contributed by atoms with E-state index in [-0.39, 0.29) is 11.4 Å². The SMILES string of the molecule is O=c1cccc2n1C[C@H]1C[C@@H]2CN(Cc2cc(-c3ccc(F)cc3)no2)C1. The molecular weight excluding hydrogens is 345 g/mol. The van der Waals surface area contributed by atoms with Gasteiger partial charge in [0, 0.05) is 48.9 Å². The molecule has 27 heavy (non-hydrogen) atoms. The Morgan fingerprint density at radius 1 is 1.11 bits per heavy atom. The van der Waals surface area contributed by atoms with Crippen molar-refractivity contribution in [3.63, 3.8) is 0 Å². The summed E-state index contributed by atoms with van der Waals surface area (Å²) in [5, 5.41) is 4.13. The Balaban J connectivity index is 1.33. The van der Waals surface area contributed by atoms with E-state index in [1.54, 1.807) is 18.2 Å². The highest BCUT2D eigenvalue weighted by molar-refractivity contribution is 5.58. The topological polar surface area (TPSA) is 51.3 Å². The van der Waals surface area contributed by atoms with Crippen LogP contribution >= 0.6 is 0 Å². The van der Waals surface area contributed by atoms with Gasteiger partial charge < -0.3 is 9.09 Å². The third-order valence-electron chi connectivity index (χ3n) is 5.63. The molecule has 0 amide bonds. The van der Waals surface area contributed by atoms with Gasteiger partial charge in [0.15, 0.2) is 5.76 Å². The molecule has 138 valence electrons. The van der Waals surface area contributed by atoms with Crippen molar-refractivity contribution < 1.29 is 8.91 Å². The average Bonchev–Trinajstić information content (AvgIpc) is 3.12. The highest BCUT2D eigenvalue weighted by Gasteiger charge is 2.34. The third kappa shape index (κ3) is 3.10. The highest BCUT2D eigenvalue weighted by atomic mass is 19.1. The van der Waals surface area contributed by atoms with E-state index in [1.807, 2.05) is 16.7 Å². The maximum absolute atomic E-state index is 13.1. The van der Waals surface area contributed by atoms with Crippen molar-refractivity contribution in [2.45, 2.75) is 25.4 Å². The lowest BCUT2D eigenvalue weighted by atomic mass is 9.83. The lowest BCUT2D eigenvalue weighted by Crippen LogP contribution is -2.46. The van der Waals surface area contributed by atoms with Gasteiger partial charge in [0.1, 0.15) is 11.5 Å². The van der Waals surface area contributed by atoms with Gasteiger partial charge in [-0.3, -0.25) is 9.69 Å². The van der Waals surface area contributed by atoms with Gasteiger partial charge in [-0.05, 0) is 42.7 Å². The van der Waals surface area contributed by atoms with Gasteiger partial charge in [-0.1, -0.05) is 11.2 Å². The van der Waals surface area contributed by atoms with E-state index < -0.39 is 0 Å². The smallest absolute Gasteiger partial charge is 0.250 e. The number of rotatable bonds is 3. The maximum atomic E-state index is 13.1. The van der Waals surface area contributed by atoms with Crippen LogP contribution in [0.15, 0.2) is 57.8 Å². The van der Waals surface area contributed by atoms with Crippen LogP contribution < -0.4 is 5.56 Å². The Hall–Kier alpha value is -2.73. The number of benzene rings is 1. The van der Waals surface area contributed by atoms with Gasteiger partial charge in [0.25, 0.3) is 5.56 Å². The molecule has 2 aliphatic heterocycles. The average molecular weight is 365 g/mol. The zero-order valence-corrected chi connectivity index (χ0v) is 14.8. The fourth-order valence-corrected chi connectivity index (χ4v) is 4.49. The van der Waals surface area contributed by atoms with E-state index in [9.17, 15) is 9.18 Å². The van der Waals surface area contributed by atoms with Gasteiger partial charge in [-0.25, -0.2) is 4.39 Å². The number of hydrogen-bond donors (Lipinski definition) is 0. The van der Waals surface area contributed by atoms with Crippen LogP contribution in [0.25, 0.3) is 11.3 Å². The van der Waals surface area contributed by atoms with Crippen molar-refractivity contribution >= 4 is 0 Å². The summed E-state index contributed by atoms with van der Waals surface area (Å²) in [5.41, 5.74) is 2.82. The molecule has 3 aromatic rings. The minimum absolute atomic E-state index is 0.106. The molecule has 0 aliphatic carbocycles. The molecule has 1 saturated heterocycles. The summed E-state index contributed by atoms with van der Waals surface area (Å²) >= 11 is 0. The Kier molecular flexibility index (Phi) is 3.93. The molecule has 1 fully saturated rings. The fourth-order valence-electron chi connectivity index (χ4n) is 4.49. The van der Waals surface area contributed by atoms with Crippen LogP contribution in [-0.2, 0) is 13.1 Å². The van der Waals surface area contributed by atoms with E-state index >= 15 is 0 Å². The van der Waals surface area contributed by atoms with Crippen molar-refractivity contribution in [3.8, 4) is 11.3 Å². The summed E-state index contributed by atoms with van der Waals surface area (Å²) in [4.78, 5) is 14.5. The van der Waals surface area contributed by atoms with E-state index in [0.29, 0.717) is 18.4 Å². The second kappa shape index (κ2) is 6.46. The first kappa shape index (κ1) is 16.4. The predicted octanol–water partition coefficient (Wildman–Crippen LogP) is 3.26. The molecule has 2 atom stereocenters. The second-order valence-corrected chi connectivity index (χ2v) is 7.58. The maximum Gasteiger partial charge on any atom is 0.250 e. The molecule has 2 bridgehead atoms. The Morgan fingerprint density at radius 3 is 2.81 bits per heavy atom. The van der Waals surface area contributed by atoms with Gasteiger partial charge in [-0.2, -0.15) is 0 Å². The molecule has 5 rings (SSSR count). The van der Waals surface area contributed by atoms with Crippen molar-refractivity contribution in [3.05, 3.63) is 76.2 Å². The normalized spacial score (nSPS) is 21.8. The van der Waals surface area contributed by atoms with Crippen LogP contribution in [0.5, 0.6) is 0 Å². The standard InChI is InChI=1S/C21H20FN3O2/c22-17-6-4-15(5-7-17)19-9-18(27-23-19)13-24-10-14-8-16(12-24)20-2-1-3-21(26)25(20)11-14/h1-7,9,14,16H,8,10-13H2/t14-,16+/m0/s1. The number of fused-ring (bicyclic) bond motifs is 4. The quantitative estimate of drug-likeness (QED) is 0.715. The zero-order chi connectivity index (χ0) is 18.4. The first-order chi connectivity index (χ1) is 13.2. The van der Waals surface area contributed by atoms with Crippen LogP contribution in [0.3, 0.4) is 0 Å². The monoisotopic (exact) mass is 365 g/mol. The molecule has 4 heterocycles. The number of likely N-dealkylation sites (tertiary alicyclic amines) is 1. The first-order valence-corrected chi connectivity index (χ1v) is 9.29. The minimum atomic E-state index is -0.262. The van der Waals surface area contributed by atoms with Crippen molar-refractivity contribution in [1.82, 2.24) is 14.6 Å². The summed E-state index contributed by atoms with van der Waals surface area (Å²) in [7, 11) is 0. The van der Waals surface area contributed by atoms with Crippen molar-refractivity contribution in [1.29, 1.82) is 0 Å². The van der Waals surface area contributed by atoms with E-state index in [2.05, 4.69) is 16.1 Å². The van der Waals surface area contributed by atoms with Crippen LogP contribution in [0.2, 0.25) is 0 Å². The first-order valence-electron chi connectivity index (χ1n) is 9.29. The highest BCUT2D eigenvalue weighted by Crippen LogP contribution is 2.35. The molecular formula is C21H20FN3O2. The predicted molar refractivity (Wildman–Crippen MR) is 98.7 cm³/mol. The number of pyridine rings is 1. The molecule has 0 saturated carbocycles. The second-order valence-electron chi connectivity index (χ2n) is 7.58. The summed E-state index contributed by atoms with van der Waals surface area (Å²) in [6.45, 7) is 3.34. The Morgan fingerprint density at radius 2 is 1.96 bits per heavy atom. The molecule has 0 unspecified atom stereocenters. The van der Waals surface area contributed by atoms with Crippen LogP contribution in [-0.4, -0.2) is 27.7 Å². The van der Waals surface area contributed by atoms with Crippen LogP contribution in [0, 0.1) is 11.7 Å². The summed E-state index contributed by atoms with van der Waals surface area (Å²) in [6.07, 6.45) is 1.14. The number of piperidine rings is 1. The van der Waals surface area contributed by atoms with Gasteiger partial charge in [-0.15, -0.1) is 0 Å². The number of nitrogens with zero attached hydrogens (tertiary/aromatic N) is 3. The van der Waals surface area contributed by atoms with Gasteiger partial charge >= 0.3 is 0 Å². The van der Waals surface area contributed by atoms with Gasteiger partial charge in [0.05, 0.1) is 6.54 Å². The van der Waals surface area contributed by atoms with E-state index in [1.165, 1.54) is 12.1 Å². The molecule has 0 N–H and O–H groups in total. The lowest BCUT2D eigenvalue weighted by molar-refractivity contribution is 0.105. The molecule has 5 nitrogen and oxygen atoms in total. The Labute approximate surface area is 156 Å². The Bertz CT molecular complexity index is 1020. The van der Waals surface area contributed by atoms with E-state index in [4.69, 9.17) is 4.52 Å². The van der Waals surface area contributed by atoms with Crippen LogP contribution in [0.4, 0.5) is 4.39 Å². The number of aromatic nitrogens is 2. The number of hydrogen-bond acceptors (Lipinski definition) is 4. The summed E-state index contributed by atoms with van der Waals surface area (Å²) in [5.74, 6) is 1.41. The third-order valence-corrected chi connectivity index (χ3v) is 5.63.